The van der Waals surface area contributed by atoms with Crippen LogP contribution in [0.15, 0.2) is 94.4 Å². The van der Waals surface area contributed by atoms with E-state index in [9.17, 15) is 0 Å². The average Bonchev–Trinajstić information content (AvgIpc) is 3.18. The Morgan fingerprint density at radius 3 is 2.71 bits per heavy atom. The van der Waals surface area contributed by atoms with Crippen LogP contribution < -0.4 is 5.32 Å². The summed E-state index contributed by atoms with van der Waals surface area (Å²) in [5.41, 5.74) is 5.91. The minimum absolute atomic E-state index is 0.0149. The molecule has 3 aliphatic rings. The molecule has 2 aliphatic heterocycles. The van der Waals surface area contributed by atoms with Crippen molar-refractivity contribution < 1.29 is 8.74 Å². The molecule has 3 aromatic rings. The van der Waals surface area contributed by atoms with E-state index in [0.29, 0.717) is 12.0 Å². The Bertz CT molecular complexity index is 1390. The standard InChI is InChI=1S/C28H27ClN5O/c1-35-14-12-31-23-15-22(16-23)27-26-18-30-11-13-34(26,29)28(33-27)21-8-7-20-9-10-24(32-25(20)17-21)19-5-3-2-4-6-19/h2-11,13,17-18,22-23,31H,12,14-16H2,1H3/q+1. The second-order valence-corrected chi connectivity index (χ2v) is 9.73. The molecule has 0 amide bonds. The van der Waals surface area contributed by atoms with Gasteiger partial charge in [0.15, 0.2) is 11.8 Å². The Kier molecular flexibility index (Phi) is 5.82. The number of nitrogens with zero attached hydrogens (tertiary/aromatic N) is 4. The molecule has 1 fully saturated rings. The maximum Gasteiger partial charge on any atom is 0.263 e. The number of allylic oxidation sites excluding steroid dienone is 2. The van der Waals surface area contributed by atoms with Crippen LogP contribution in [-0.2, 0) is 4.74 Å². The third-order valence-electron chi connectivity index (χ3n) is 6.99. The molecule has 0 bridgehead atoms. The van der Waals surface area contributed by atoms with Gasteiger partial charge in [-0.3, -0.25) is 4.99 Å². The lowest BCUT2D eigenvalue weighted by Gasteiger charge is -2.35. The summed E-state index contributed by atoms with van der Waals surface area (Å²) in [6, 6.07) is 21.2. The smallest absolute Gasteiger partial charge is 0.263 e. The number of quaternary nitrogens is 1. The zero-order valence-corrected chi connectivity index (χ0v) is 20.3. The summed E-state index contributed by atoms with van der Waals surface area (Å²) in [7, 11) is 1.73. The number of hydrogen-bond donors (Lipinski definition) is 1. The molecule has 6 rings (SSSR count). The van der Waals surface area contributed by atoms with Gasteiger partial charge in [-0.15, -0.1) is 4.00 Å². The number of benzene rings is 2. The first-order valence-electron chi connectivity index (χ1n) is 12.0. The molecule has 1 atom stereocenters. The number of hydrogen-bond acceptors (Lipinski definition) is 5. The molecule has 1 saturated carbocycles. The zero-order valence-electron chi connectivity index (χ0n) is 19.6. The van der Waals surface area contributed by atoms with Gasteiger partial charge in [0, 0.05) is 36.6 Å². The zero-order chi connectivity index (χ0) is 23.8. The number of nitrogens with one attached hydrogen (secondary N) is 1. The summed E-state index contributed by atoms with van der Waals surface area (Å²) < 4.78 is 5.17. The van der Waals surface area contributed by atoms with Crippen molar-refractivity contribution in [1.29, 1.82) is 0 Å². The van der Waals surface area contributed by atoms with E-state index in [-0.39, 0.29) is 4.00 Å². The maximum absolute atomic E-state index is 7.23. The number of aliphatic imine (C=N–C) groups is 2. The van der Waals surface area contributed by atoms with Crippen LogP contribution >= 0.6 is 11.8 Å². The number of halogens is 1. The number of pyridine rings is 1. The molecule has 3 heterocycles. The molecule has 0 saturated heterocycles. The van der Waals surface area contributed by atoms with Crippen molar-refractivity contribution in [1.82, 2.24) is 10.3 Å². The van der Waals surface area contributed by atoms with Crippen LogP contribution in [0.1, 0.15) is 18.4 Å². The molecular weight excluding hydrogens is 458 g/mol. The summed E-state index contributed by atoms with van der Waals surface area (Å²) >= 11 is 7.23. The van der Waals surface area contributed by atoms with Crippen molar-refractivity contribution in [2.24, 2.45) is 15.9 Å². The third-order valence-corrected chi connectivity index (χ3v) is 7.44. The van der Waals surface area contributed by atoms with E-state index in [4.69, 9.17) is 26.5 Å². The lowest BCUT2D eigenvalue weighted by molar-refractivity contribution is -0.600. The van der Waals surface area contributed by atoms with Gasteiger partial charge in [0.05, 0.1) is 35.8 Å². The van der Waals surface area contributed by atoms with E-state index in [1.54, 1.807) is 13.3 Å². The van der Waals surface area contributed by atoms with E-state index < -0.39 is 0 Å². The van der Waals surface area contributed by atoms with E-state index in [1.165, 1.54) is 0 Å². The molecule has 2 aromatic carbocycles. The normalized spacial score (nSPS) is 25.0. The fourth-order valence-corrected chi connectivity index (χ4v) is 5.34. The molecule has 0 radical (unpaired) electrons. The highest BCUT2D eigenvalue weighted by atomic mass is 35.5. The Labute approximate surface area is 210 Å². The van der Waals surface area contributed by atoms with Gasteiger partial charge in [0.2, 0.25) is 5.70 Å². The summed E-state index contributed by atoms with van der Waals surface area (Å²) in [5, 5.41) is 4.63. The molecule has 1 aromatic heterocycles. The highest BCUT2D eigenvalue weighted by Gasteiger charge is 2.49. The summed E-state index contributed by atoms with van der Waals surface area (Å²) in [4.78, 5) is 14.5. The summed E-state index contributed by atoms with van der Waals surface area (Å²) in [6.07, 6.45) is 7.57. The highest BCUT2D eigenvalue weighted by molar-refractivity contribution is 6.20. The van der Waals surface area contributed by atoms with Crippen molar-refractivity contribution in [2.45, 2.75) is 18.9 Å². The third kappa shape index (κ3) is 4.02. The maximum atomic E-state index is 7.23. The van der Waals surface area contributed by atoms with E-state index in [0.717, 1.165) is 70.9 Å². The SMILES string of the molecule is COCCNC1CC(C2=C3C=NC=C[N+]3(Cl)C(c3ccc4ccc(-c5ccccc5)nc4c3)=N2)C1. The largest absolute Gasteiger partial charge is 0.383 e. The van der Waals surface area contributed by atoms with Crippen LogP contribution in [0, 0.1) is 5.92 Å². The molecule has 1 aliphatic carbocycles. The number of amidine groups is 1. The van der Waals surface area contributed by atoms with Crippen molar-refractivity contribution in [3.63, 3.8) is 0 Å². The second-order valence-electron chi connectivity index (χ2n) is 9.20. The van der Waals surface area contributed by atoms with E-state index in [1.807, 2.05) is 30.6 Å². The first kappa shape index (κ1) is 22.3. The number of fused-ring (bicyclic) bond motifs is 2. The Hall–Kier alpha value is -3.16. The molecule has 7 heteroatoms. The molecular formula is C28H27ClN5O+. The van der Waals surface area contributed by atoms with Gasteiger partial charge >= 0.3 is 0 Å². The van der Waals surface area contributed by atoms with Gasteiger partial charge in [-0.25, -0.2) is 4.98 Å². The van der Waals surface area contributed by atoms with Crippen LogP contribution in [-0.4, -0.2) is 47.3 Å². The van der Waals surface area contributed by atoms with Crippen LogP contribution in [0.5, 0.6) is 0 Å². The van der Waals surface area contributed by atoms with Crippen molar-refractivity contribution in [3.05, 3.63) is 90.0 Å². The number of rotatable bonds is 7. The lowest BCUT2D eigenvalue weighted by atomic mass is 9.77. The Morgan fingerprint density at radius 1 is 1.06 bits per heavy atom. The predicted molar refractivity (Wildman–Crippen MR) is 141 cm³/mol. The van der Waals surface area contributed by atoms with Gasteiger partial charge in [-0.05, 0) is 31.0 Å². The van der Waals surface area contributed by atoms with Crippen LogP contribution in [0.25, 0.3) is 22.2 Å². The minimum Gasteiger partial charge on any atom is -0.383 e. The number of methoxy groups -OCH3 is 1. The monoisotopic (exact) mass is 484 g/mol. The van der Waals surface area contributed by atoms with Gasteiger partial charge in [0.25, 0.3) is 5.84 Å². The van der Waals surface area contributed by atoms with Crippen LogP contribution in [0.2, 0.25) is 0 Å². The Balaban J connectivity index is 1.33. The first-order chi connectivity index (χ1) is 17.2. The summed E-state index contributed by atoms with van der Waals surface area (Å²) in [6.45, 7) is 1.58. The molecule has 0 spiro atoms. The topological polar surface area (TPSA) is 58.9 Å². The second kappa shape index (κ2) is 9.13. The Morgan fingerprint density at radius 2 is 1.89 bits per heavy atom. The highest BCUT2D eigenvalue weighted by Crippen LogP contribution is 2.45. The first-order valence-corrected chi connectivity index (χ1v) is 12.3. The number of ether oxygens (including phenoxy) is 1. The van der Waals surface area contributed by atoms with Gasteiger partial charge in [-0.1, -0.05) is 42.5 Å². The van der Waals surface area contributed by atoms with E-state index >= 15 is 0 Å². The van der Waals surface area contributed by atoms with Crippen molar-refractivity contribution >= 4 is 34.7 Å². The molecule has 1 unspecified atom stereocenters. The predicted octanol–water partition coefficient (Wildman–Crippen LogP) is 5.41. The van der Waals surface area contributed by atoms with Gasteiger partial charge < -0.3 is 10.1 Å². The van der Waals surface area contributed by atoms with Crippen molar-refractivity contribution in [2.75, 3.05) is 20.3 Å². The fourth-order valence-electron chi connectivity index (χ4n) is 5.02. The van der Waals surface area contributed by atoms with Crippen LogP contribution in [0.4, 0.5) is 0 Å². The molecule has 176 valence electrons. The lowest BCUT2D eigenvalue weighted by Crippen LogP contribution is -2.43. The molecule has 35 heavy (non-hydrogen) atoms. The van der Waals surface area contributed by atoms with Crippen LogP contribution in [0.3, 0.4) is 0 Å². The average molecular weight is 485 g/mol. The van der Waals surface area contributed by atoms with E-state index in [2.05, 4.69) is 52.8 Å². The van der Waals surface area contributed by atoms with Gasteiger partial charge in [-0.2, -0.15) is 4.99 Å². The fraction of sp³-hybridized carbons (Fsp3) is 0.250. The van der Waals surface area contributed by atoms with Gasteiger partial charge in [0.1, 0.15) is 11.9 Å². The molecule has 6 nitrogen and oxygen atoms in total. The minimum atomic E-state index is 0.0149. The number of aromatic nitrogens is 1. The quantitative estimate of drug-likeness (QED) is 0.360. The van der Waals surface area contributed by atoms with Crippen molar-refractivity contribution in [3.8, 4) is 11.3 Å². The molecule has 1 N–H and O–H groups in total. The summed E-state index contributed by atoms with van der Waals surface area (Å²) in [5.74, 6) is 1.16.